The molecule has 0 spiro atoms. The van der Waals surface area contributed by atoms with Crippen molar-refractivity contribution in [2.75, 3.05) is 0 Å². The highest BCUT2D eigenvalue weighted by Crippen LogP contribution is 2.18. The molecule has 62 valence electrons. The van der Waals surface area contributed by atoms with Crippen molar-refractivity contribution in [3.8, 4) is 6.07 Å². The van der Waals surface area contributed by atoms with E-state index >= 15 is 0 Å². The molecule has 1 N–H and O–H groups in total. The van der Waals surface area contributed by atoms with E-state index < -0.39 is 6.10 Å². The van der Waals surface area contributed by atoms with E-state index in [1.54, 1.807) is 24.3 Å². The van der Waals surface area contributed by atoms with Gasteiger partial charge in [0.15, 0.2) is 6.10 Å². The Bertz CT molecular complexity index is 306. The minimum Gasteiger partial charge on any atom is -0.374 e. The maximum Gasteiger partial charge on any atom is 0.166 e. The van der Waals surface area contributed by atoms with E-state index in [4.69, 9.17) is 16.9 Å². The van der Waals surface area contributed by atoms with Gasteiger partial charge in [0.05, 0.1) is 6.07 Å². The third kappa shape index (κ3) is 1.76. The largest absolute Gasteiger partial charge is 0.374 e. The molecule has 0 aliphatic heterocycles. The van der Waals surface area contributed by atoms with Crippen molar-refractivity contribution in [2.45, 2.75) is 12.0 Å². The quantitative estimate of drug-likeness (QED) is 0.560. The monoisotopic (exact) mass is 181 g/mol. The molecule has 0 saturated carbocycles. The van der Waals surface area contributed by atoms with Crippen molar-refractivity contribution >= 4 is 11.6 Å². The summed E-state index contributed by atoms with van der Waals surface area (Å²) in [5, 5.41) is 17.7. The second-order valence-electron chi connectivity index (χ2n) is 2.36. The summed E-state index contributed by atoms with van der Waals surface area (Å²) < 4.78 is 0. The molecular weight excluding hydrogens is 174 g/mol. The van der Waals surface area contributed by atoms with E-state index in [-0.39, 0.29) is 0 Å². The molecular formula is C9H8ClNO. The van der Waals surface area contributed by atoms with Gasteiger partial charge in [-0.05, 0) is 11.1 Å². The van der Waals surface area contributed by atoms with E-state index in [2.05, 4.69) is 0 Å². The Hall–Kier alpha value is -1.04. The highest BCUT2D eigenvalue weighted by molar-refractivity contribution is 6.17. The molecule has 0 aliphatic rings. The van der Waals surface area contributed by atoms with Crippen LogP contribution in [-0.2, 0) is 5.88 Å². The first-order valence-corrected chi connectivity index (χ1v) is 4.04. The molecule has 0 radical (unpaired) electrons. The van der Waals surface area contributed by atoms with Crippen LogP contribution in [0.25, 0.3) is 0 Å². The molecule has 0 bridgehead atoms. The van der Waals surface area contributed by atoms with E-state index in [1.165, 1.54) is 0 Å². The number of aliphatic hydroxyl groups excluding tert-OH is 1. The maximum atomic E-state index is 9.22. The summed E-state index contributed by atoms with van der Waals surface area (Å²) in [5.41, 5.74) is 1.39. The maximum absolute atomic E-state index is 9.22. The number of aliphatic hydroxyl groups is 1. The van der Waals surface area contributed by atoms with Gasteiger partial charge in [-0.15, -0.1) is 11.6 Å². The predicted molar refractivity (Wildman–Crippen MR) is 46.6 cm³/mol. The van der Waals surface area contributed by atoms with Gasteiger partial charge >= 0.3 is 0 Å². The number of halogens is 1. The zero-order valence-corrected chi connectivity index (χ0v) is 7.12. The summed E-state index contributed by atoms with van der Waals surface area (Å²) in [6.07, 6.45) is -1.07. The molecule has 1 aromatic carbocycles. The van der Waals surface area contributed by atoms with Crippen LogP contribution in [0, 0.1) is 11.3 Å². The number of rotatable bonds is 2. The van der Waals surface area contributed by atoms with Gasteiger partial charge in [0.1, 0.15) is 0 Å². The molecule has 2 nitrogen and oxygen atoms in total. The SMILES string of the molecule is N#CC(O)c1ccccc1CCl. The lowest BCUT2D eigenvalue weighted by Crippen LogP contribution is -1.97. The fraction of sp³-hybridized carbons (Fsp3) is 0.222. The fourth-order valence-electron chi connectivity index (χ4n) is 0.992. The molecule has 1 rings (SSSR count). The Kier molecular flexibility index (Phi) is 3.09. The standard InChI is InChI=1S/C9H8ClNO/c10-5-7-3-1-2-4-8(7)9(12)6-11/h1-4,9,12H,5H2. The minimum atomic E-state index is -1.07. The van der Waals surface area contributed by atoms with Crippen LogP contribution in [0.2, 0.25) is 0 Å². The molecule has 0 heterocycles. The van der Waals surface area contributed by atoms with Crippen LogP contribution in [0.3, 0.4) is 0 Å². The predicted octanol–water partition coefficient (Wildman–Crippen LogP) is 1.98. The van der Waals surface area contributed by atoms with Gasteiger partial charge in [0.2, 0.25) is 0 Å². The molecule has 0 aliphatic carbocycles. The topological polar surface area (TPSA) is 44.0 Å². The highest BCUT2D eigenvalue weighted by atomic mass is 35.5. The van der Waals surface area contributed by atoms with Crippen molar-refractivity contribution in [3.05, 3.63) is 35.4 Å². The molecule has 12 heavy (non-hydrogen) atoms. The first-order chi connectivity index (χ1) is 5.79. The van der Waals surface area contributed by atoms with Crippen LogP contribution in [0.4, 0.5) is 0 Å². The zero-order valence-electron chi connectivity index (χ0n) is 6.37. The molecule has 0 fully saturated rings. The lowest BCUT2D eigenvalue weighted by atomic mass is 10.0. The second kappa shape index (κ2) is 4.10. The fourth-order valence-corrected chi connectivity index (χ4v) is 1.24. The van der Waals surface area contributed by atoms with Gasteiger partial charge in [-0.3, -0.25) is 0 Å². The Morgan fingerprint density at radius 3 is 2.75 bits per heavy atom. The lowest BCUT2D eigenvalue weighted by molar-refractivity contribution is 0.235. The lowest BCUT2D eigenvalue weighted by Gasteiger charge is -2.06. The summed E-state index contributed by atoms with van der Waals surface area (Å²) in [6, 6.07) is 8.84. The number of hydrogen-bond donors (Lipinski definition) is 1. The van der Waals surface area contributed by atoms with Crippen LogP contribution in [0.1, 0.15) is 17.2 Å². The van der Waals surface area contributed by atoms with E-state index in [0.29, 0.717) is 11.4 Å². The summed E-state index contributed by atoms with van der Waals surface area (Å²) in [7, 11) is 0. The summed E-state index contributed by atoms with van der Waals surface area (Å²) in [5.74, 6) is 0.314. The molecule has 0 amide bonds. The summed E-state index contributed by atoms with van der Waals surface area (Å²) in [4.78, 5) is 0. The summed E-state index contributed by atoms with van der Waals surface area (Å²) >= 11 is 5.61. The average molecular weight is 182 g/mol. The third-order valence-electron chi connectivity index (χ3n) is 1.62. The van der Waals surface area contributed by atoms with Gasteiger partial charge in [0, 0.05) is 5.88 Å². The molecule has 3 heteroatoms. The van der Waals surface area contributed by atoms with E-state index in [0.717, 1.165) is 5.56 Å². The van der Waals surface area contributed by atoms with Crippen molar-refractivity contribution in [1.82, 2.24) is 0 Å². The van der Waals surface area contributed by atoms with Crippen molar-refractivity contribution in [1.29, 1.82) is 5.26 Å². The molecule has 1 unspecified atom stereocenters. The van der Waals surface area contributed by atoms with Crippen LogP contribution >= 0.6 is 11.6 Å². The van der Waals surface area contributed by atoms with Crippen LogP contribution in [0.15, 0.2) is 24.3 Å². The average Bonchev–Trinajstić information content (AvgIpc) is 2.16. The van der Waals surface area contributed by atoms with Gasteiger partial charge in [0.25, 0.3) is 0 Å². The Morgan fingerprint density at radius 2 is 2.17 bits per heavy atom. The summed E-state index contributed by atoms with van der Waals surface area (Å²) in [6.45, 7) is 0. The number of nitriles is 1. The Morgan fingerprint density at radius 1 is 1.50 bits per heavy atom. The number of nitrogens with zero attached hydrogens (tertiary/aromatic N) is 1. The Balaban J connectivity index is 3.06. The van der Waals surface area contributed by atoms with E-state index in [9.17, 15) is 5.11 Å². The van der Waals surface area contributed by atoms with Crippen LogP contribution < -0.4 is 0 Å². The number of benzene rings is 1. The molecule has 0 aromatic heterocycles. The van der Waals surface area contributed by atoms with Crippen molar-refractivity contribution in [3.63, 3.8) is 0 Å². The van der Waals surface area contributed by atoms with E-state index in [1.807, 2.05) is 6.07 Å². The van der Waals surface area contributed by atoms with Gasteiger partial charge in [-0.1, -0.05) is 24.3 Å². The molecule has 1 aromatic rings. The first kappa shape index (κ1) is 9.05. The third-order valence-corrected chi connectivity index (χ3v) is 1.90. The second-order valence-corrected chi connectivity index (χ2v) is 2.63. The first-order valence-electron chi connectivity index (χ1n) is 3.51. The van der Waals surface area contributed by atoms with Gasteiger partial charge in [-0.25, -0.2) is 0 Å². The smallest absolute Gasteiger partial charge is 0.166 e. The minimum absolute atomic E-state index is 0.314. The normalized spacial score (nSPS) is 12.1. The van der Waals surface area contributed by atoms with Crippen LogP contribution in [0.5, 0.6) is 0 Å². The number of hydrogen-bond acceptors (Lipinski definition) is 2. The Labute approximate surface area is 76.0 Å². The molecule has 0 saturated heterocycles. The van der Waals surface area contributed by atoms with Crippen molar-refractivity contribution < 1.29 is 5.11 Å². The van der Waals surface area contributed by atoms with Gasteiger partial charge in [-0.2, -0.15) is 5.26 Å². The van der Waals surface area contributed by atoms with Gasteiger partial charge < -0.3 is 5.11 Å². The molecule has 1 atom stereocenters. The van der Waals surface area contributed by atoms with Crippen LogP contribution in [-0.4, -0.2) is 5.11 Å². The zero-order chi connectivity index (χ0) is 8.97. The highest BCUT2D eigenvalue weighted by Gasteiger charge is 2.08. The van der Waals surface area contributed by atoms with Crippen molar-refractivity contribution in [2.24, 2.45) is 0 Å². The number of alkyl halides is 1.